The average molecular weight is 228 g/mol. The van der Waals surface area contributed by atoms with Gasteiger partial charge >= 0.3 is 0 Å². The van der Waals surface area contributed by atoms with Gasteiger partial charge in [0.2, 0.25) is 0 Å². The minimum absolute atomic E-state index is 0. The zero-order valence-corrected chi connectivity index (χ0v) is 9.80. The summed E-state index contributed by atoms with van der Waals surface area (Å²) in [6.45, 7) is 2.85. The van der Waals surface area contributed by atoms with Crippen LogP contribution in [0.1, 0.15) is 31.4 Å². The van der Waals surface area contributed by atoms with Gasteiger partial charge < -0.3 is 10.5 Å². The van der Waals surface area contributed by atoms with Crippen molar-refractivity contribution in [3.63, 3.8) is 0 Å². The lowest BCUT2D eigenvalue weighted by Gasteiger charge is -2.09. The standard InChI is InChI=1S/C12H17NO.ClH/c1-9(13)11-3-2-4-12(7-11)14-8-10-5-6-10;/h2-4,7,9-10H,5-6,8,13H2,1H3;1H/t9-;/m0./s1. The van der Waals surface area contributed by atoms with Crippen LogP contribution >= 0.6 is 12.4 Å². The monoisotopic (exact) mass is 227 g/mol. The Labute approximate surface area is 97.2 Å². The highest BCUT2D eigenvalue weighted by Crippen LogP contribution is 2.29. The molecular formula is C12H18ClNO. The summed E-state index contributed by atoms with van der Waals surface area (Å²) in [7, 11) is 0. The first-order valence-electron chi connectivity index (χ1n) is 5.24. The third kappa shape index (κ3) is 3.73. The van der Waals surface area contributed by atoms with Gasteiger partial charge in [-0.15, -0.1) is 12.4 Å². The normalized spacial score (nSPS) is 16.7. The van der Waals surface area contributed by atoms with E-state index in [9.17, 15) is 0 Å². The summed E-state index contributed by atoms with van der Waals surface area (Å²) in [4.78, 5) is 0. The first kappa shape index (κ1) is 12.3. The first-order valence-corrected chi connectivity index (χ1v) is 5.24. The summed E-state index contributed by atoms with van der Waals surface area (Å²) in [6.07, 6.45) is 2.65. The van der Waals surface area contributed by atoms with E-state index in [1.165, 1.54) is 12.8 Å². The van der Waals surface area contributed by atoms with Crippen LogP contribution in [0.15, 0.2) is 24.3 Å². The molecule has 2 nitrogen and oxygen atoms in total. The van der Waals surface area contributed by atoms with Crippen LogP contribution in [0.25, 0.3) is 0 Å². The lowest BCUT2D eigenvalue weighted by molar-refractivity contribution is 0.299. The van der Waals surface area contributed by atoms with Gasteiger partial charge in [-0.1, -0.05) is 12.1 Å². The second kappa shape index (κ2) is 5.38. The Morgan fingerprint density at radius 1 is 1.47 bits per heavy atom. The van der Waals surface area contributed by atoms with Gasteiger partial charge in [-0.05, 0) is 43.4 Å². The van der Waals surface area contributed by atoms with Crippen molar-refractivity contribution >= 4 is 12.4 Å². The number of rotatable bonds is 4. The number of ether oxygens (including phenoxy) is 1. The molecule has 15 heavy (non-hydrogen) atoms. The highest BCUT2D eigenvalue weighted by atomic mass is 35.5. The molecule has 2 rings (SSSR count). The molecule has 84 valence electrons. The molecule has 1 aliphatic rings. The summed E-state index contributed by atoms with van der Waals surface area (Å²) in [5.74, 6) is 1.75. The molecule has 0 aliphatic heterocycles. The largest absolute Gasteiger partial charge is 0.493 e. The summed E-state index contributed by atoms with van der Waals surface area (Å²) < 4.78 is 5.67. The molecule has 1 aromatic rings. The number of benzene rings is 1. The molecule has 1 saturated carbocycles. The number of hydrogen-bond donors (Lipinski definition) is 1. The highest BCUT2D eigenvalue weighted by Gasteiger charge is 2.21. The molecule has 0 unspecified atom stereocenters. The Kier molecular flexibility index (Phi) is 4.43. The lowest BCUT2D eigenvalue weighted by atomic mass is 10.1. The fourth-order valence-corrected chi connectivity index (χ4v) is 1.39. The van der Waals surface area contributed by atoms with Crippen LogP contribution in [-0.4, -0.2) is 6.61 Å². The molecular weight excluding hydrogens is 210 g/mol. The van der Waals surface area contributed by atoms with E-state index in [1.54, 1.807) is 0 Å². The van der Waals surface area contributed by atoms with Crippen LogP contribution in [0.4, 0.5) is 0 Å². The molecule has 0 heterocycles. The van der Waals surface area contributed by atoms with E-state index in [4.69, 9.17) is 10.5 Å². The third-order valence-electron chi connectivity index (χ3n) is 2.57. The molecule has 0 aromatic heterocycles. The Morgan fingerprint density at radius 2 is 2.20 bits per heavy atom. The summed E-state index contributed by atoms with van der Waals surface area (Å²) in [5.41, 5.74) is 6.93. The molecule has 0 amide bonds. The highest BCUT2D eigenvalue weighted by molar-refractivity contribution is 5.85. The molecule has 1 aliphatic carbocycles. The summed E-state index contributed by atoms with van der Waals surface area (Å²) >= 11 is 0. The molecule has 2 N–H and O–H groups in total. The Bertz CT molecular complexity index is 310. The molecule has 0 saturated heterocycles. The van der Waals surface area contributed by atoms with E-state index in [1.807, 2.05) is 31.2 Å². The molecule has 1 fully saturated rings. The smallest absolute Gasteiger partial charge is 0.119 e. The van der Waals surface area contributed by atoms with Crippen molar-refractivity contribution in [2.75, 3.05) is 6.61 Å². The quantitative estimate of drug-likeness (QED) is 0.859. The SMILES string of the molecule is C[C@H](N)c1cccc(OCC2CC2)c1.Cl. The van der Waals surface area contributed by atoms with Crippen LogP contribution in [0.2, 0.25) is 0 Å². The van der Waals surface area contributed by atoms with Crippen LogP contribution in [0, 0.1) is 5.92 Å². The Morgan fingerprint density at radius 3 is 2.80 bits per heavy atom. The first-order chi connectivity index (χ1) is 6.75. The molecule has 0 spiro atoms. The predicted molar refractivity (Wildman–Crippen MR) is 64.5 cm³/mol. The van der Waals surface area contributed by atoms with E-state index in [2.05, 4.69) is 0 Å². The van der Waals surface area contributed by atoms with Gasteiger partial charge in [-0.25, -0.2) is 0 Å². The van der Waals surface area contributed by atoms with Crippen molar-refractivity contribution in [2.24, 2.45) is 11.7 Å². The van der Waals surface area contributed by atoms with Crippen LogP contribution in [-0.2, 0) is 0 Å². The second-order valence-electron chi connectivity index (χ2n) is 4.12. The minimum atomic E-state index is 0. The van der Waals surface area contributed by atoms with Crippen molar-refractivity contribution in [1.29, 1.82) is 0 Å². The second-order valence-corrected chi connectivity index (χ2v) is 4.12. The van der Waals surface area contributed by atoms with E-state index in [-0.39, 0.29) is 18.4 Å². The van der Waals surface area contributed by atoms with Crippen molar-refractivity contribution in [3.8, 4) is 5.75 Å². The van der Waals surface area contributed by atoms with E-state index in [0.717, 1.165) is 23.8 Å². The van der Waals surface area contributed by atoms with Crippen LogP contribution in [0.5, 0.6) is 5.75 Å². The van der Waals surface area contributed by atoms with Gasteiger partial charge in [0.25, 0.3) is 0 Å². The molecule has 3 heteroatoms. The number of hydrogen-bond acceptors (Lipinski definition) is 2. The molecule has 1 atom stereocenters. The van der Waals surface area contributed by atoms with E-state index >= 15 is 0 Å². The molecule has 1 aromatic carbocycles. The van der Waals surface area contributed by atoms with Crippen LogP contribution in [0.3, 0.4) is 0 Å². The van der Waals surface area contributed by atoms with Crippen molar-refractivity contribution in [2.45, 2.75) is 25.8 Å². The third-order valence-corrected chi connectivity index (χ3v) is 2.57. The number of halogens is 1. The fourth-order valence-electron chi connectivity index (χ4n) is 1.39. The Balaban J connectivity index is 0.00000112. The molecule has 0 bridgehead atoms. The van der Waals surface area contributed by atoms with Crippen molar-refractivity contribution < 1.29 is 4.74 Å². The van der Waals surface area contributed by atoms with Gasteiger partial charge in [0, 0.05) is 6.04 Å². The maximum absolute atomic E-state index is 5.80. The van der Waals surface area contributed by atoms with Gasteiger partial charge in [0.05, 0.1) is 6.61 Å². The average Bonchev–Trinajstić information content (AvgIpc) is 2.99. The summed E-state index contributed by atoms with van der Waals surface area (Å²) in [6, 6.07) is 8.15. The summed E-state index contributed by atoms with van der Waals surface area (Å²) in [5, 5.41) is 0. The zero-order chi connectivity index (χ0) is 9.97. The van der Waals surface area contributed by atoms with E-state index in [0.29, 0.717) is 0 Å². The molecule has 0 radical (unpaired) electrons. The van der Waals surface area contributed by atoms with Crippen molar-refractivity contribution in [1.82, 2.24) is 0 Å². The van der Waals surface area contributed by atoms with Gasteiger partial charge in [-0.3, -0.25) is 0 Å². The number of nitrogens with two attached hydrogens (primary N) is 1. The van der Waals surface area contributed by atoms with Gasteiger partial charge in [-0.2, -0.15) is 0 Å². The minimum Gasteiger partial charge on any atom is -0.493 e. The van der Waals surface area contributed by atoms with Gasteiger partial charge in [0.1, 0.15) is 5.75 Å². The maximum atomic E-state index is 5.80. The fraction of sp³-hybridized carbons (Fsp3) is 0.500. The van der Waals surface area contributed by atoms with Gasteiger partial charge in [0.15, 0.2) is 0 Å². The maximum Gasteiger partial charge on any atom is 0.119 e. The lowest BCUT2D eigenvalue weighted by Crippen LogP contribution is -2.05. The Hall–Kier alpha value is -0.730. The van der Waals surface area contributed by atoms with E-state index < -0.39 is 0 Å². The predicted octanol–water partition coefficient (Wildman–Crippen LogP) is 2.92. The van der Waals surface area contributed by atoms with Crippen LogP contribution < -0.4 is 10.5 Å². The zero-order valence-electron chi connectivity index (χ0n) is 8.98. The topological polar surface area (TPSA) is 35.2 Å². The van der Waals surface area contributed by atoms with Crippen molar-refractivity contribution in [3.05, 3.63) is 29.8 Å².